The van der Waals surface area contributed by atoms with Gasteiger partial charge in [0, 0.05) is 26.7 Å². The van der Waals surface area contributed by atoms with Gasteiger partial charge in [0.15, 0.2) is 0 Å². The minimum absolute atomic E-state index is 0.0500. The molecule has 6 nitrogen and oxygen atoms in total. The van der Waals surface area contributed by atoms with Crippen molar-refractivity contribution in [3.05, 3.63) is 29.8 Å². The average molecular weight is 352 g/mol. The maximum atomic E-state index is 12.6. The van der Waals surface area contributed by atoms with E-state index in [4.69, 9.17) is 4.74 Å². The van der Waals surface area contributed by atoms with E-state index >= 15 is 0 Å². The van der Waals surface area contributed by atoms with Gasteiger partial charge >= 0.3 is 0 Å². The first-order chi connectivity index (χ1) is 11.4. The fourth-order valence-electron chi connectivity index (χ4n) is 3.72. The number of methoxy groups -OCH3 is 1. The second kappa shape index (κ2) is 6.72. The summed E-state index contributed by atoms with van der Waals surface area (Å²) in [6.07, 6.45) is 1.60. The second-order valence-electron chi connectivity index (χ2n) is 6.61. The molecule has 0 saturated carbocycles. The second-order valence-corrected chi connectivity index (χ2v) is 8.87. The highest BCUT2D eigenvalue weighted by atomic mass is 32.2. The molecule has 132 valence electrons. The van der Waals surface area contributed by atoms with Crippen LogP contribution in [0.25, 0.3) is 0 Å². The molecule has 0 N–H and O–H groups in total. The highest BCUT2D eigenvalue weighted by Gasteiger charge is 2.45. The van der Waals surface area contributed by atoms with Crippen molar-refractivity contribution in [1.82, 2.24) is 9.21 Å². The van der Waals surface area contributed by atoms with E-state index in [1.165, 1.54) is 4.31 Å². The van der Waals surface area contributed by atoms with Crippen LogP contribution in [0.15, 0.2) is 24.3 Å². The summed E-state index contributed by atoms with van der Waals surface area (Å²) >= 11 is 0. The number of amides is 1. The number of sulfonamides is 1. The summed E-state index contributed by atoms with van der Waals surface area (Å²) in [6.45, 7) is 1.72. The Labute approximate surface area is 143 Å². The van der Waals surface area contributed by atoms with E-state index in [-0.39, 0.29) is 17.1 Å². The number of carbonyl (C=O) groups is 1. The molecule has 7 heteroatoms. The van der Waals surface area contributed by atoms with Gasteiger partial charge in [0.25, 0.3) is 0 Å². The van der Waals surface area contributed by atoms with Gasteiger partial charge in [0.1, 0.15) is 5.75 Å². The third kappa shape index (κ3) is 3.28. The molecule has 0 radical (unpaired) electrons. The van der Waals surface area contributed by atoms with Crippen LogP contribution in [-0.2, 0) is 21.2 Å². The van der Waals surface area contributed by atoms with E-state index in [0.717, 1.165) is 17.7 Å². The van der Waals surface area contributed by atoms with Gasteiger partial charge in [-0.05, 0) is 36.5 Å². The summed E-state index contributed by atoms with van der Waals surface area (Å²) in [5, 5.41) is -0.336. The molecule has 0 bridgehead atoms. The smallest absolute Gasteiger partial charge is 0.226 e. The zero-order valence-corrected chi connectivity index (χ0v) is 15.0. The number of ether oxygens (including phenoxy) is 1. The molecular formula is C17H24N2O4S. The third-order valence-electron chi connectivity index (χ3n) is 5.13. The predicted octanol–water partition coefficient (Wildman–Crippen LogP) is 1.12. The molecular weight excluding hydrogens is 328 g/mol. The van der Waals surface area contributed by atoms with Crippen LogP contribution in [-0.4, -0.2) is 62.6 Å². The van der Waals surface area contributed by atoms with E-state index in [2.05, 4.69) is 0 Å². The van der Waals surface area contributed by atoms with Crippen LogP contribution in [0.1, 0.15) is 18.4 Å². The van der Waals surface area contributed by atoms with Gasteiger partial charge in [0.05, 0.1) is 18.8 Å². The van der Waals surface area contributed by atoms with Crippen molar-refractivity contribution in [2.75, 3.05) is 33.8 Å². The Bertz CT molecular complexity index is 719. The summed E-state index contributed by atoms with van der Waals surface area (Å²) < 4.78 is 31.3. The number of fused-ring (bicyclic) bond motifs is 1. The van der Waals surface area contributed by atoms with Crippen LogP contribution < -0.4 is 4.74 Å². The van der Waals surface area contributed by atoms with E-state index in [0.29, 0.717) is 32.5 Å². The summed E-state index contributed by atoms with van der Waals surface area (Å²) in [6, 6.07) is 7.50. The fourth-order valence-corrected chi connectivity index (χ4v) is 5.70. The summed E-state index contributed by atoms with van der Waals surface area (Å²) in [5.74, 6) is 0.920. The summed E-state index contributed by atoms with van der Waals surface area (Å²) in [7, 11) is 0.0642. The Morgan fingerprint density at radius 2 is 2.04 bits per heavy atom. The largest absolute Gasteiger partial charge is 0.497 e. The molecule has 2 atom stereocenters. The van der Waals surface area contributed by atoms with Crippen molar-refractivity contribution >= 4 is 15.9 Å². The van der Waals surface area contributed by atoms with Gasteiger partial charge in [-0.2, -0.15) is 0 Å². The first-order valence-corrected chi connectivity index (χ1v) is 9.78. The SMILES string of the molecule is COc1cccc(CC(=O)N2CC[C@@H]3CN(C)S(=O)(=O)[C@@H]3CC2)c1. The molecule has 1 aromatic rings. The molecule has 2 saturated heterocycles. The summed E-state index contributed by atoms with van der Waals surface area (Å²) in [4.78, 5) is 14.4. The maximum Gasteiger partial charge on any atom is 0.226 e. The topological polar surface area (TPSA) is 66.9 Å². The highest BCUT2D eigenvalue weighted by molar-refractivity contribution is 7.90. The van der Waals surface area contributed by atoms with E-state index in [9.17, 15) is 13.2 Å². The lowest BCUT2D eigenvalue weighted by molar-refractivity contribution is -0.130. The van der Waals surface area contributed by atoms with Crippen LogP contribution in [0.5, 0.6) is 5.75 Å². The van der Waals surface area contributed by atoms with Crippen LogP contribution >= 0.6 is 0 Å². The standard InChI is InChI=1S/C17H24N2O4S/c1-18-12-14-6-8-19(9-7-16(14)24(18,21)22)17(20)11-13-4-3-5-15(10-13)23-2/h3-5,10,14,16H,6-9,11-12H2,1-2H3/t14-,16-/m1/s1. The zero-order chi connectivity index (χ0) is 17.3. The molecule has 0 aromatic heterocycles. The normalized spacial score (nSPS) is 26.7. The fraction of sp³-hybridized carbons (Fsp3) is 0.588. The van der Waals surface area contributed by atoms with Crippen molar-refractivity contribution < 1.29 is 17.9 Å². The molecule has 2 aliphatic rings. The number of carbonyl (C=O) groups excluding carboxylic acids is 1. The molecule has 1 aromatic carbocycles. The monoisotopic (exact) mass is 352 g/mol. The highest BCUT2D eigenvalue weighted by Crippen LogP contribution is 2.33. The van der Waals surface area contributed by atoms with Crippen LogP contribution in [0, 0.1) is 5.92 Å². The quantitative estimate of drug-likeness (QED) is 0.818. The Balaban J connectivity index is 1.65. The predicted molar refractivity (Wildman–Crippen MR) is 91.3 cm³/mol. The van der Waals surface area contributed by atoms with Crippen molar-refractivity contribution in [2.24, 2.45) is 5.92 Å². The summed E-state index contributed by atoms with van der Waals surface area (Å²) in [5.41, 5.74) is 0.913. The minimum Gasteiger partial charge on any atom is -0.497 e. The number of nitrogens with zero attached hydrogens (tertiary/aromatic N) is 2. The van der Waals surface area contributed by atoms with Gasteiger partial charge in [0.2, 0.25) is 15.9 Å². The average Bonchev–Trinajstić information content (AvgIpc) is 2.71. The molecule has 0 aliphatic carbocycles. The first kappa shape index (κ1) is 17.2. The van der Waals surface area contributed by atoms with Gasteiger partial charge in [-0.15, -0.1) is 0 Å². The Morgan fingerprint density at radius 1 is 1.29 bits per heavy atom. The third-order valence-corrected chi connectivity index (χ3v) is 7.53. The van der Waals surface area contributed by atoms with E-state index < -0.39 is 10.0 Å². The molecule has 0 spiro atoms. The van der Waals surface area contributed by atoms with E-state index in [1.54, 1.807) is 14.2 Å². The lowest BCUT2D eigenvalue weighted by Gasteiger charge is -2.21. The van der Waals surface area contributed by atoms with Crippen molar-refractivity contribution in [3.8, 4) is 5.75 Å². The first-order valence-electron chi connectivity index (χ1n) is 8.27. The Morgan fingerprint density at radius 3 is 2.79 bits per heavy atom. The molecule has 24 heavy (non-hydrogen) atoms. The number of benzene rings is 1. The van der Waals surface area contributed by atoms with Crippen LogP contribution in [0.2, 0.25) is 0 Å². The molecule has 2 heterocycles. The number of rotatable bonds is 3. The van der Waals surface area contributed by atoms with Gasteiger partial charge < -0.3 is 9.64 Å². The van der Waals surface area contributed by atoms with Crippen LogP contribution in [0.4, 0.5) is 0 Å². The molecule has 3 rings (SSSR count). The van der Waals surface area contributed by atoms with Gasteiger partial charge in [-0.25, -0.2) is 12.7 Å². The lowest BCUT2D eigenvalue weighted by atomic mass is 10.0. The molecule has 2 fully saturated rings. The molecule has 2 aliphatic heterocycles. The molecule has 1 amide bonds. The Hall–Kier alpha value is -1.60. The van der Waals surface area contributed by atoms with Crippen molar-refractivity contribution in [1.29, 1.82) is 0 Å². The lowest BCUT2D eigenvalue weighted by Crippen LogP contribution is -2.35. The Kier molecular flexibility index (Phi) is 4.83. The van der Waals surface area contributed by atoms with Gasteiger partial charge in [-0.1, -0.05) is 12.1 Å². The zero-order valence-electron chi connectivity index (χ0n) is 14.1. The van der Waals surface area contributed by atoms with Crippen molar-refractivity contribution in [3.63, 3.8) is 0 Å². The van der Waals surface area contributed by atoms with Crippen LogP contribution in [0.3, 0.4) is 0 Å². The number of hydrogen-bond acceptors (Lipinski definition) is 4. The maximum absolute atomic E-state index is 12.6. The van der Waals surface area contributed by atoms with E-state index in [1.807, 2.05) is 29.2 Å². The number of hydrogen-bond donors (Lipinski definition) is 0. The minimum atomic E-state index is -3.19. The molecule has 0 unspecified atom stereocenters. The number of likely N-dealkylation sites (tertiary alicyclic amines) is 1. The van der Waals surface area contributed by atoms with Crippen molar-refractivity contribution in [2.45, 2.75) is 24.5 Å². The van der Waals surface area contributed by atoms with Gasteiger partial charge in [-0.3, -0.25) is 4.79 Å².